The fourth-order valence-electron chi connectivity index (χ4n) is 3.59. The van der Waals surface area contributed by atoms with Gasteiger partial charge >= 0.3 is 0 Å². The molecular formula is C24H22BrN3. The lowest BCUT2D eigenvalue weighted by molar-refractivity contribution is 0.971. The Morgan fingerprint density at radius 3 is 1.96 bits per heavy atom. The lowest BCUT2D eigenvalue weighted by Gasteiger charge is -2.18. The Morgan fingerprint density at radius 2 is 1.32 bits per heavy atom. The van der Waals surface area contributed by atoms with Crippen LogP contribution < -0.4 is 0 Å². The van der Waals surface area contributed by atoms with E-state index in [9.17, 15) is 0 Å². The van der Waals surface area contributed by atoms with Crippen molar-refractivity contribution >= 4 is 15.9 Å². The van der Waals surface area contributed by atoms with E-state index in [4.69, 9.17) is 0 Å². The van der Waals surface area contributed by atoms with Gasteiger partial charge in [-0.1, -0.05) is 96.5 Å². The van der Waals surface area contributed by atoms with Crippen LogP contribution in [0.4, 0.5) is 0 Å². The zero-order valence-corrected chi connectivity index (χ0v) is 17.6. The lowest BCUT2D eigenvalue weighted by atomic mass is 10.0. The number of benzene rings is 3. The number of aromatic nitrogens is 3. The van der Waals surface area contributed by atoms with Gasteiger partial charge in [0.15, 0.2) is 11.6 Å². The highest BCUT2D eigenvalue weighted by atomic mass is 79.9. The average molecular weight is 432 g/mol. The number of para-hydroxylation sites is 1. The van der Waals surface area contributed by atoms with E-state index in [1.807, 2.05) is 36.4 Å². The van der Waals surface area contributed by atoms with Crippen LogP contribution in [-0.2, 0) is 12.8 Å². The van der Waals surface area contributed by atoms with E-state index in [2.05, 4.69) is 80.9 Å². The molecule has 4 heteroatoms. The molecule has 0 unspecified atom stereocenters. The second kappa shape index (κ2) is 8.11. The summed E-state index contributed by atoms with van der Waals surface area (Å²) in [7, 11) is 0. The Labute approximate surface area is 174 Å². The summed E-state index contributed by atoms with van der Waals surface area (Å²) in [5.41, 5.74) is 5.88. The fourth-order valence-corrected chi connectivity index (χ4v) is 4.05. The molecule has 28 heavy (non-hydrogen) atoms. The molecule has 0 amide bonds. The van der Waals surface area contributed by atoms with E-state index in [1.165, 1.54) is 16.8 Å². The molecule has 3 nitrogen and oxygen atoms in total. The number of nitrogens with zero attached hydrogens (tertiary/aromatic N) is 3. The van der Waals surface area contributed by atoms with Crippen molar-refractivity contribution in [1.82, 2.24) is 14.8 Å². The highest BCUT2D eigenvalue weighted by Crippen LogP contribution is 2.35. The van der Waals surface area contributed by atoms with Gasteiger partial charge in [-0.05, 0) is 30.0 Å². The standard InChI is InChI=1S/C24H22BrN3/c1-3-17-13-10-14-18(4-2)22(17)28-23(19-11-6-5-7-12-19)26-27-24(28)20-15-8-9-16-21(20)25/h5-16H,3-4H2,1-2H3. The number of hydrogen-bond donors (Lipinski definition) is 0. The predicted molar refractivity (Wildman–Crippen MR) is 119 cm³/mol. The molecule has 0 aliphatic heterocycles. The second-order valence-electron chi connectivity index (χ2n) is 6.66. The molecule has 1 heterocycles. The van der Waals surface area contributed by atoms with Gasteiger partial charge in [0.1, 0.15) is 0 Å². The van der Waals surface area contributed by atoms with Crippen LogP contribution in [0, 0.1) is 0 Å². The first-order valence-corrected chi connectivity index (χ1v) is 10.4. The summed E-state index contributed by atoms with van der Waals surface area (Å²) in [6, 6.07) is 25.0. The Balaban J connectivity index is 2.08. The van der Waals surface area contributed by atoms with Crippen LogP contribution in [0.5, 0.6) is 0 Å². The number of aryl methyl sites for hydroxylation is 2. The molecular weight excluding hydrogens is 410 g/mol. The molecule has 1 aromatic heterocycles. The van der Waals surface area contributed by atoms with Gasteiger partial charge in [0.2, 0.25) is 0 Å². The Kier molecular flexibility index (Phi) is 5.40. The van der Waals surface area contributed by atoms with Crippen LogP contribution in [0.3, 0.4) is 0 Å². The normalized spacial score (nSPS) is 11.0. The van der Waals surface area contributed by atoms with Crippen molar-refractivity contribution < 1.29 is 0 Å². The molecule has 3 aromatic carbocycles. The molecule has 0 saturated carbocycles. The second-order valence-corrected chi connectivity index (χ2v) is 7.51. The zero-order chi connectivity index (χ0) is 19.5. The van der Waals surface area contributed by atoms with E-state index in [1.54, 1.807) is 0 Å². The maximum atomic E-state index is 4.63. The van der Waals surface area contributed by atoms with Crippen molar-refractivity contribution in [3.63, 3.8) is 0 Å². The van der Waals surface area contributed by atoms with Gasteiger partial charge in [-0.15, -0.1) is 10.2 Å². The van der Waals surface area contributed by atoms with Gasteiger partial charge in [0, 0.05) is 15.6 Å². The van der Waals surface area contributed by atoms with Crippen molar-refractivity contribution in [2.75, 3.05) is 0 Å². The van der Waals surface area contributed by atoms with E-state index < -0.39 is 0 Å². The molecule has 0 spiro atoms. The average Bonchev–Trinajstić information content (AvgIpc) is 3.18. The fraction of sp³-hybridized carbons (Fsp3) is 0.167. The maximum Gasteiger partial charge on any atom is 0.170 e. The van der Waals surface area contributed by atoms with E-state index in [-0.39, 0.29) is 0 Å². The SMILES string of the molecule is CCc1cccc(CC)c1-n1c(-c2ccccc2)nnc1-c1ccccc1Br. The summed E-state index contributed by atoms with van der Waals surface area (Å²) in [6.45, 7) is 4.39. The number of rotatable bonds is 5. The van der Waals surface area contributed by atoms with Crippen molar-refractivity contribution in [3.8, 4) is 28.5 Å². The molecule has 0 saturated heterocycles. The van der Waals surface area contributed by atoms with Crippen LogP contribution >= 0.6 is 15.9 Å². The Bertz CT molecular complexity index is 1080. The van der Waals surface area contributed by atoms with Crippen LogP contribution in [0.2, 0.25) is 0 Å². The molecule has 0 aliphatic rings. The minimum atomic E-state index is 0.849. The van der Waals surface area contributed by atoms with Gasteiger partial charge in [-0.2, -0.15) is 0 Å². The lowest BCUT2D eigenvalue weighted by Crippen LogP contribution is -2.07. The quantitative estimate of drug-likeness (QED) is 0.361. The third-order valence-electron chi connectivity index (χ3n) is 5.00. The highest BCUT2D eigenvalue weighted by Gasteiger charge is 2.21. The van der Waals surface area contributed by atoms with Crippen LogP contribution in [0.25, 0.3) is 28.5 Å². The molecule has 0 fully saturated rings. The Morgan fingerprint density at radius 1 is 0.714 bits per heavy atom. The minimum absolute atomic E-state index is 0.849. The first-order chi connectivity index (χ1) is 13.7. The molecule has 0 atom stereocenters. The van der Waals surface area contributed by atoms with Crippen molar-refractivity contribution in [1.29, 1.82) is 0 Å². The topological polar surface area (TPSA) is 30.7 Å². The first kappa shape index (κ1) is 18.6. The summed E-state index contributed by atoms with van der Waals surface area (Å²) in [5.74, 6) is 1.71. The summed E-state index contributed by atoms with van der Waals surface area (Å²) in [4.78, 5) is 0. The van der Waals surface area contributed by atoms with Gasteiger partial charge in [-0.25, -0.2) is 0 Å². The summed E-state index contributed by atoms with van der Waals surface area (Å²) in [6.07, 6.45) is 1.90. The van der Waals surface area contributed by atoms with Crippen molar-refractivity contribution in [2.45, 2.75) is 26.7 Å². The molecule has 0 bridgehead atoms. The van der Waals surface area contributed by atoms with Crippen LogP contribution in [0.15, 0.2) is 77.3 Å². The predicted octanol–water partition coefficient (Wildman–Crippen LogP) is 6.49. The molecule has 4 rings (SSSR count). The molecule has 0 N–H and O–H groups in total. The van der Waals surface area contributed by atoms with Gasteiger partial charge < -0.3 is 0 Å². The van der Waals surface area contributed by atoms with Gasteiger partial charge in [-0.3, -0.25) is 4.57 Å². The molecule has 0 radical (unpaired) electrons. The van der Waals surface area contributed by atoms with Crippen LogP contribution in [0.1, 0.15) is 25.0 Å². The smallest absolute Gasteiger partial charge is 0.170 e. The van der Waals surface area contributed by atoms with Gasteiger partial charge in [0.25, 0.3) is 0 Å². The van der Waals surface area contributed by atoms with E-state index >= 15 is 0 Å². The maximum absolute atomic E-state index is 4.63. The third kappa shape index (κ3) is 3.29. The number of hydrogen-bond acceptors (Lipinski definition) is 2. The minimum Gasteiger partial charge on any atom is -0.274 e. The first-order valence-electron chi connectivity index (χ1n) is 9.61. The van der Waals surface area contributed by atoms with E-state index in [0.717, 1.165) is 40.1 Å². The molecule has 140 valence electrons. The van der Waals surface area contributed by atoms with Gasteiger partial charge in [0.05, 0.1) is 5.69 Å². The largest absolute Gasteiger partial charge is 0.274 e. The zero-order valence-electron chi connectivity index (χ0n) is 16.1. The van der Waals surface area contributed by atoms with E-state index in [0.29, 0.717) is 0 Å². The molecule has 0 aliphatic carbocycles. The monoisotopic (exact) mass is 431 g/mol. The summed E-state index contributed by atoms with van der Waals surface area (Å²) < 4.78 is 3.24. The number of halogens is 1. The summed E-state index contributed by atoms with van der Waals surface area (Å²) >= 11 is 3.70. The summed E-state index contributed by atoms with van der Waals surface area (Å²) in [5, 5.41) is 9.26. The Hall–Kier alpha value is -2.72. The van der Waals surface area contributed by atoms with Crippen molar-refractivity contribution in [2.24, 2.45) is 0 Å². The molecule has 4 aromatic rings. The van der Waals surface area contributed by atoms with Crippen molar-refractivity contribution in [3.05, 3.63) is 88.4 Å². The van der Waals surface area contributed by atoms with Crippen LogP contribution in [-0.4, -0.2) is 14.8 Å². The highest BCUT2D eigenvalue weighted by molar-refractivity contribution is 9.10. The third-order valence-corrected chi connectivity index (χ3v) is 5.69.